The van der Waals surface area contributed by atoms with Crippen LogP contribution in [0.15, 0.2) is 60.2 Å². The summed E-state index contributed by atoms with van der Waals surface area (Å²) >= 11 is 0. The van der Waals surface area contributed by atoms with Gasteiger partial charge >= 0.3 is 5.97 Å². The van der Waals surface area contributed by atoms with E-state index in [9.17, 15) is 14.3 Å². The van der Waals surface area contributed by atoms with Crippen LogP contribution in [0.4, 0.5) is 8.78 Å². The molecule has 4 rings (SSSR count). The number of carboxylic acids is 1. The van der Waals surface area contributed by atoms with Crippen molar-refractivity contribution >= 4 is 23.2 Å². The van der Waals surface area contributed by atoms with Gasteiger partial charge in [-0.25, -0.2) is 9.18 Å². The SMILES string of the molecule is CC/C(=C/c1ccc(C2=C(c3ccc(C)c(F)c3C)CCCc3cc(C(=O)O)ccc32)cc1)CCCCCF. The first-order chi connectivity index (χ1) is 18.8. The van der Waals surface area contributed by atoms with Gasteiger partial charge in [-0.1, -0.05) is 67.5 Å². The van der Waals surface area contributed by atoms with Gasteiger partial charge in [0.15, 0.2) is 0 Å². The minimum absolute atomic E-state index is 0.177. The highest BCUT2D eigenvalue weighted by molar-refractivity contribution is 6.01. The van der Waals surface area contributed by atoms with Crippen molar-refractivity contribution in [3.63, 3.8) is 0 Å². The molecule has 0 atom stereocenters. The molecule has 0 aliphatic heterocycles. The van der Waals surface area contributed by atoms with Crippen molar-refractivity contribution in [1.82, 2.24) is 0 Å². The van der Waals surface area contributed by atoms with Crippen LogP contribution in [0.25, 0.3) is 17.2 Å². The number of hydrogen-bond acceptors (Lipinski definition) is 1. The van der Waals surface area contributed by atoms with Crippen LogP contribution in [-0.4, -0.2) is 17.8 Å². The molecule has 0 heterocycles. The molecular formula is C35H38F2O2. The largest absolute Gasteiger partial charge is 0.478 e. The summed E-state index contributed by atoms with van der Waals surface area (Å²) in [6.45, 7) is 5.54. The number of fused-ring (bicyclic) bond motifs is 1. The van der Waals surface area contributed by atoms with Crippen LogP contribution in [0.5, 0.6) is 0 Å². The smallest absolute Gasteiger partial charge is 0.335 e. The molecule has 0 radical (unpaired) electrons. The number of halogens is 2. The molecule has 1 aliphatic rings. The molecule has 0 saturated heterocycles. The standard InChI is InChI=1S/C35H38F2O2/c1-4-25(9-6-5-7-20-36)21-26-13-15-27(16-14-26)33-31-19-17-29(35(38)39)22-28(31)10-8-11-32(33)30-18-12-23(2)34(37)24(30)3/h12-19,21-22H,4-11,20H2,1-3H3,(H,38,39)/b25-21-. The summed E-state index contributed by atoms with van der Waals surface area (Å²) in [5, 5.41) is 9.59. The summed E-state index contributed by atoms with van der Waals surface area (Å²) in [6, 6.07) is 17.7. The number of hydrogen-bond donors (Lipinski definition) is 1. The van der Waals surface area contributed by atoms with E-state index in [0.717, 1.165) is 83.9 Å². The number of carboxylic acid groups (broad SMARTS) is 1. The first kappa shape index (κ1) is 28.5. The molecule has 4 heteroatoms. The number of alkyl halides is 1. The lowest BCUT2D eigenvalue weighted by Gasteiger charge is -2.19. The Morgan fingerprint density at radius 3 is 2.38 bits per heavy atom. The summed E-state index contributed by atoms with van der Waals surface area (Å²) < 4.78 is 27.5. The fraction of sp³-hybridized carbons (Fsp3) is 0.343. The molecule has 1 aliphatic carbocycles. The Bertz CT molecular complexity index is 1400. The minimum Gasteiger partial charge on any atom is -0.478 e. The Labute approximate surface area is 231 Å². The van der Waals surface area contributed by atoms with E-state index in [4.69, 9.17) is 0 Å². The molecule has 3 aromatic carbocycles. The van der Waals surface area contributed by atoms with Gasteiger partial charge in [0, 0.05) is 0 Å². The van der Waals surface area contributed by atoms with Gasteiger partial charge in [0.05, 0.1) is 12.2 Å². The van der Waals surface area contributed by atoms with Gasteiger partial charge in [0.2, 0.25) is 0 Å². The summed E-state index contributed by atoms with van der Waals surface area (Å²) in [6.07, 6.45) is 9.10. The van der Waals surface area contributed by atoms with Crippen molar-refractivity contribution in [2.24, 2.45) is 0 Å². The third-order valence-electron chi connectivity index (χ3n) is 7.86. The molecule has 0 aromatic heterocycles. The highest BCUT2D eigenvalue weighted by Crippen LogP contribution is 2.41. The lowest BCUT2D eigenvalue weighted by molar-refractivity contribution is 0.0696. The molecule has 204 valence electrons. The summed E-state index contributed by atoms with van der Waals surface area (Å²) in [5.74, 6) is -1.11. The second-order valence-electron chi connectivity index (χ2n) is 10.5. The zero-order chi connectivity index (χ0) is 27.9. The maximum Gasteiger partial charge on any atom is 0.335 e. The van der Waals surface area contributed by atoms with E-state index < -0.39 is 5.97 Å². The molecule has 0 unspecified atom stereocenters. The predicted octanol–water partition coefficient (Wildman–Crippen LogP) is 9.76. The lowest BCUT2D eigenvalue weighted by Crippen LogP contribution is -2.02. The van der Waals surface area contributed by atoms with Crippen LogP contribution in [0.3, 0.4) is 0 Å². The highest BCUT2D eigenvalue weighted by Gasteiger charge is 2.23. The Morgan fingerprint density at radius 2 is 1.69 bits per heavy atom. The Morgan fingerprint density at radius 1 is 0.949 bits per heavy atom. The Kier molecular flexibility index (Phi) is 9.50. The number of benzene rings is 3. The van der Waals surface area contributed by atoms with E-state index in [1.54, 1.807) is 19.1 Å². The van der Waals surface area contributed by atoms with Gasteiger partial charge in [-0.2, -0.15) is 0 Å². The molecular weight excluding hydrogens is 490 g/mol. The van der Waals surface area contributed by atoms with Gasteiger partial charge in [-0.3, -0.25) is 4.39 Å². The number of carbonyl (C=O) groups is 1. The number of unbranched alkanes of at least 4 members (excludes halogenated alkanes) is 2. The van der Waals surface area contributed by atoms with Crippen LogP contribution in [0.1, 0.15) is 101 Å². The van der Waals surface area contributed by atoms with Gasteiger partial charge in [0.25, 0.3) is 0 Å². The Balaban J connectivity index is 1.82. The van der Waals surface area contributed by atoms with Crippen molar-refractivity contribution in [3.05, 3.63) is 110 Å². The van der Waals surface area contributed by atoms with Gasteiger partial charge in [-0.05, 0) is 121 Å². The molecule has 0 fully saturated rings. The summed E-state index contributed by atoms with van der Waals surface area (Å²) in [5.41, 5.74) is 10.1. The van der Waals surface area contributed by atoms with Crippen molar-refractivity contribution in [2.75, 3.05) is 6.67 Å². The van der Waals surface area contributed by atoms with Crippen molar-refractivity contribution < 1.29 is 18.7 Å². The lowest BCUT2D eigenvalue weighted by atomic mass is 9.85. The third kappa shape index (κ3) is 6.55. The van der Waals surface area contributed by atoms with E-state index >= 15 is 4.39 Å². The fourth-order valence-corrected chi connectivity index (χ4v) is 5.62. The Hall–Kier alpha value is -3.53. The molecule has 0 spiro atoms. The molecule has 0 saturated carbocycles. The summed E-state index contributed by atoms with van der Waals surface area (Å²) in [7, 11) is 0. The van der Waals surface area contributed by atoms with Gasteiger partial charge < -0.3 is 5.11 Å². The zero-order valence-corrected chi connectivity index (χ0v) is 23.2. The second-order valence-corrected chi connectivity index (χ2v) is 10.5. The van der Waals surface area contributed by atoms with Crippen molar-refractivity contribution in [1.29, 1.82) is 0 Å². The summed E-state index contributed by atoms with van der Waals surface area (Å²) in [4.78, 5) is 11.7. The number of rotatable bonds is 10. The second kappa shape index (κ2) is 13.0. The first-order valence-electron chi connectivity index (χ1n) is 14.1. The zero-order valence-electron chi connectivity index (χ0n) is 23.2. The topological polar surface area (TPSA) is 37.3 Å². The van der Waals surface area contributed by atoms with Gasteiger partial charge in [-0.15, -0.1) is 0 Å². The monoisotopic (exact) mass is 528 g/mol. The molecule has 0 bridgehead atoms. The van der Waals surface area contributed by atoms with E-state index in [2.05, 4.69) is 37.3 Å². The molecule has 39 heavy (non-hydrogen) atoms. The molecule has 1 N–H and O–H groups in total. The molecule has 2 nitrogen and oxygen atoms in total. The minimum atomic E-state index is -0.934. The van der Waals surface area contributed by atoms with Gasteiger partial charge in [0.1, 0.15) is 5.82 Å². The van der Waals surface area contributed by atoms with E-state index in [-0.39, 0.29) is 18.1 Å². The predicted molar refractivity (Wildman–Crippen MR) is 157 cm³/mol. The molecule has 3 aromatic rings. The number of aryl methyl sites for hydroxylation is 2. The third-order valence-corrected chi connectivity index (χ3v) is 7.86. The fourth-order valence-electron chi connectivity index (χ4n) is 5.62. The average Bonchev–Trinajstić information content (AvgIpc) is 3.13. The van der Waals surface area contributed by atoms with Crippen LogP contribution >= 0.6 is 0 Å². The van der Waals surface area contributed by atoms with E-state index in [1.807, 2.05) is 25.1 Å². The van der Waals surface area contributed by atoms with E-state index in [0.29, 0.717) is 17.5 Å². The highest BCUT2D eigenvalue weighted by atomic mass is 19.1. The van der Waals surface area contributed by atoms with Crippen molar-refractivity contribution in [2.45, 2.75) is 72.1 Å². The van der Waals surface area contributed by atoms with Crippen LogP contribution in [0, 0.1) is 19.7 Å². The maximum atomic E-state index is 15.0. The quantitative estimate of drug-likeness (QED) is 0.266. The maximum absolute atomic E-state index is 15.0. The van der Waals surface area contributed by atoms with E-state index in [1.165, 1.54) is 5.57 Å². The molecule has 0 amide bonds. The number of allylic oxidation sites excluding steroid dienone is 2. The average molecular weight is 529 g/mol. The first-order valence-corrected chi connectivity index (χ1v) is 14.1. The van der Waals surface area contributed by atoms with Crippen LogP contribution in [-0.2, 0) is 6.42 Å². The normalized spacial score (nSPS) is 13.8. The van der Waals surface area contributed by atoms with Crippen molar-refractivity contribution in [3.8, 4) is 0 Å². The van der Waals surface area contributed by atoms with Crippen LogP contribution < -0.4 is 0 Å². The number of aromatic carboxylic acids is 1. The van der Waals surface area contributed by atoms with Crippen LogP contribution in [0.2, 0.25) is 0 Å².